The highest BCUT2D eigenvalue weighted by Gasteiger charge is 2.28. The molecule has 2 heterocycles. The number of ketones is 1. The van der Waals surface area contributed by atoms with Crippen molar-refractivity contribution in [1.29, 1.82) is 0 Å². The Balaban J connectivity index is 1.10. The van der Waals surface area contributed by atoms with Crippen molar-refractivity contribution in [1.82, 2.24) is 4.98 Å². The fourth-order valence-corrected chi connectivity index (χ4v) is 5.20. The number of para-hydroxylation sites is 3. The van der Waals surface area contributed by atoms with E-state index in [-0.39, 0.29) is 11.9 Å². The fourth-order valence-electron chi connectivity index (χ4n) is 5.20. The lowest BCUT2D eigenvalue weighted by Crippen LogP contribution is -2.33. The van der Waals surface area contributed by atoms with Crippen LogP contribution in [0.4, 0.5) is 11.7 Å². The van der Waals surface area contributed by atoms with Crippen LogP contribution in [0, 0.1) is 0 Å². The number of benzene rings is 4. The normalized spacial score (nSPS) is 15.4. The number of rotatable bonds is 10. The number of esters is 1. The Kier molecular flexibility index (Phi) is 7.85. The van der Waals surface area contributed by atoms with E-state index in [2.05, 4.69) is 15.2 Å². The molecule has 1 aliphatic heterocycles. The number of fused-ring (bicyclic) bond motifs is 1. The van der Waals surface area contributed by atoms with Crippen molar-refractivity contribution >= 4 is 34.6 Å². The zero-order valence-corrected chi connectivity index (χ0v) is 23.2. The number of hydrogen-bond acceptors (Lipinski definition) is 8. The standard InChI is InChI=1S/C34H31N3O5/c1-40-33(39)30(35-28-12-6-5-11-27(28)32(38)24-9-3-2-4-10-24)21-23-15-17-25(18-16-23)41-26-19-20-37(22-26)34-36-29-13-7-8-14-31(29)42-34/h2-18,26,30,35H,19-22H2,1H3. The van der Waals surface area contributed by atoms with Gasteiger partial charge in [0.25, 0.3) is 6.01 Å². The summed E-state index contributed by atoms with van der Waals surface area (Å²) in [5.41, 5.74) is 4.20. The zero-order valence-electron chi connectivity index (χ0n) is 23.2. The summed E-state index contributed by atoms with van der Waals surface area (Å²) in [4.78, 5) is 32.6. The average molecular weight is 562 g/mol. The van der Waals surface area contributed by atoms with Gasteiger partial charge in [0.15, 0.2) is 11.4 Å². The van der Waals surface area contributed by atoms with Crippen LogP contribution in [-0.4, -0.2) is 49.1 Å². The minimum atomic E-state index is -0.689. The lowest BCUT2D eigenvalue weighted by atomic mass is 10.00. The van der Waals surface area contributed by atoms with Crippen LogP contribution < -0.4 is 15.0 Å². The monoisotopic (exact) mass is 561 g/mol. The first-order valence-corrected chi connectivity index (χ1v) is 14.0. The number of aromatic nitrogens is 1. The number of carbonyl (C=O) groups excluding carboxylic acids is 2. The Hall–Kier alpha value is -5.11. The molecule has 1 N–H and O–H groups in total. The van der Waals surface area contributed by atoms with Crippen molar-refractivity contribution in [3.05, 3.63) is 120 Å². The van der Waals surface area contributed by atoms with E-state index >= 15 is 0 Å². The van der Waals surface area contributed by atoms with E-state index in [0.29, 0.717) is 35.8 Å². The first-order chi connectivity index (χ1) is 20.6. The van der Waals surface area contributed by atoms with Crippen LogP contribution in [0.2, 0.25) is 0 Å². The van der Waals surface area contributed by atoms with Crippen molar-refractivity contribution < 1.29 is 23.5 Å². The molecule has 0 radical (unpaired) electrons. The van der Waals surface area contributed by atoms with Gasteiger partial charge in [-0.2, -0.15) is 4.98 Å². The molecule has 1 saturated heterocycles. The molecule has 212 valence electrons. The smallest absolute Gasteiger partial charge is 0.328 e. The van der Waals surface area contributed by atoms with Gasteiger partial charge in [0.1, 0.15) is 23.4 Å². The summed E-state index contributed by atoms with van der Waals surface area (Å²) in [5, 5.41) is 3.25. The van der Waals surface area contributed by atoms with Crippen molar-refractivity contribution in [3.8, 4) is 5.75 Å². The quantitative estimate of drug-likeness (QED) is 0.166. The van der Waals surface area contributed by atoms with Crippen molar-refractivity contribution in [2.75, 3.05) is 30.4 Å². The number of anilines is 2. The molecule has 5 aromatic rings. The van der Waals surface area contributed by atoms with Crippen LogP contribution in [0.3, 0.4) is 0 Å². The van der Waals surface area contributed by atoms with Crippen LogP contribution >= 0.6 is 0 Å². The average Bonchev–Trinajstić information content (AvgIpc) is 3.69. The lowest BCUT2D eigenvalue weighted by Gasteiger charge is -2.20. The fraction of sp³-hybridized carbons (Fsp3) is 0.206. The maximum atomic E-state index is 13.2. The summed E-state index contributed by atoms with van der Waals surface area (Å²) in [6, 6.07) is 31.7. The maximum Gasteiger partial charge on any atom is 0.328 e. The molecule has 4 aromatic carbocycles. The highest BCUT2D eigenvalue weighted by molar-refractivity contribution is 6.12. The van der Waals surface area contributed by atoms with Gasteiger partial charge in [-0.3, -0.25) is 4.79 Å². The molecule has 1 fully saturated rings. The van der Waals surface area contributed by atoms with Crippen LogP contribution in [0.5, 0.6) is 5.75 Å². The SMILES string of the molecule is COC(=O)C(Cc1ccc(OC2CCN(c3nc4ccccc4o3)C2)cc1)Nc1ccccc1C(=O)c1ccccc1. The molecule has 2 unspecified atom stereocenters. The van der Waals surface area contributed by atoms with Gasteiger partial charge in [0, 0.05) is 36.2 Å². The van der Waals surface area contributed by atoms with E-state index in [1.165, 1.54) is 7.11 Å². The van der Waals surface area contributed by atoms with Crippen LogP contribution in [0.15, 0.2) is 108 Å². The minimum Gasteiger partial charge on any atom is -0.489 e. The molecule has 1 aliphatic rings. The predicted octanol–water partition coefficient (Wildman–Crippen LogP) is 5.91. The van der Waals surface area contributed by atoms with Crippen LogP contribution in [0.1, 0.15) is 27.9 Å². The molecule has 8 nitrogen and oxygen atoms in total. The van der Waals surface area contributed by atoms with Gasteiger partial charge >= 0.3 is 5.97 Å². The topological polar surface area (TPSA) is 93.9 Å². The summed E-state index contributed by atoms with van der Waals surface area (Å²) in [7, 11) is 1.36. The second kappa shape index (κ2) is 12.2. The third-order valence-electron chi connectivity index (χ3n) is 7.39. The molecule has 0 bridgehead atoms. The third kappa shape index (κ3) is 5.98. The third-order valence-corrected chi connectivity index (χ3v) is 7.39. The summed E-state index contributed by atoms with van der Waals surface area (Å²) < 4.78 is 17.3. The number of oxazole rings is 1. The van der Waals surface area contributed by atoms with Crippen molar-refractivity contribution in [2.45, 2.75) is 25.0 Å². The highest BCUT2D eigenvalue weighted by Crippen LogP contribution is 2.27. The van der Waals surface area contributed by atoms with E-state index in [0.717, 1.165) is 35.4 Å². The van der Waals surface area contributed by atoms with E-state index in [4.69, 9.17) is 13.9 Å². The first kappa shape index (κ1) is 27.1. The van der Waals surface area contributed by atoms with E-state index in [1.807, 2.05) is 78.9 Å². The van der Waals surface area contributed by atoms with E-state index < -0.39 is 12.0 Å². The molecule has 6 rings (SSSR count). The van der Waals surface area contributed by atoms with E-state index in [1.54, 1.807) is 24.3 Å². The van der Waals surface area contributed by atoms with Gasteiger partial charge in [-0.25, -0.2) is 4.79 Å². The summed E-state index contributed by atoms with van der Waals surface area (Å²) in [6.45, 7) is 1.49. The molecule has 1 aromatic heterocycles. The molecule has 0 amide bonds. The first-order valence-electron chi connectivity index (χ1n) is 14.0. The number of ether oxygens (including phenoxy) is 2. The Labute approximate surface area is 243 Å². The van der Waals surface area contributed by atoms with Gasteiger partial charge < -0.3 is 24.1 Å². The van der Waals surface area contributed by atoms with Crippen molar-refractivity contribution in [2.24, 2.45) is 0 Å². The number of hydrogen-bond donors (Lipinski definition) is 1. The van der Waals surface area contributed by atoms with Gasteiger partial charge in [-0.15, -0.1) is 0 Å². The Morgan fingerprint density at radius 3 is 2.48 bits per heavy atom. The minimum absolute atomic E-state index is 0.00833. The number of carbonyl (C=O) groups is 2. The van der Waals surface area contributed by atoms with Crippen LogP contribution in [-0.2, 0) is 16.0 Å². The predicted molar refractivity (Wildman–Crippen MR) is 161 cm³/mol. The van der Waals surface area contributed by atoms with Gasteiger partial charge in [0.2, 0.25) is 0 Å². The molecule has 8 heteroatoms. The molecule has 0 spiro atoms. The Morgan fingerprint density at radius 1 is 0.952 bits per heavy atom. The molecule has 42 heavy (non-hydrogen) atoms. The largest absolute Gasteiger partial charge is 0.489 e. The zero-order chi connectivity index (χ0) is 28.9. The number of nitrogens with one attached hydrogen (secondary N) is 1. The molecular formula is C34H31N3O5. The van der Waals surface area contributed by atoms with Crippen LogP contribution in [0.25, 0.3) is 11.1 Å². The summed E-state index contributed by atoms with van der Waals surface area (Å²) in [5.74, 6) is 0.220. The van der Waals surface area contributed by atoms with E-state index in [9.17, 15) is 9.59 Å². The van der Waals surface area contributed by atoms with Gasteiger partial charge in [-0.1, -0.05) is 66.7 Å². The number of methoxy groups -OCH3 is 1. The summed E-state index contributed by atoms with van der Waals surface area (Å²) in [6.07, 6.45) is 1.24. The molecule has 0 aliphatic carbocycles. The Bertz CT molecular complexity index is 1650. The molecule has 2 atom stereocenters. The summed E-state index contributed by atoms with van der Waals surface area (Å²) >= 11 is 0. The molecule has 0 saturated carbocycles. The van der Waals surface area contributed by atoms with Crippen molar-refractivity contribution in [3.63, 3.8) is 0 Å². The highest BCUT2D eigenvalue weighted by atomic mass is 16.5. The second-order valence-corrected chi connectivity index (χ2v) is 10.2. The van der Waals surface area contributed by atoms with Gasteiger partial charge in [-0.05, 0) is 42.0 Å². The van der Waals surface area contributed by atoms with Gasteiger partial charge in [0.05, 0.1) is 13.7 Å². The lowest BCUT2D eigenvalue weighted by molar-refractivity contribution is -0.141. The molecular weight excluding hydrogens is 530 g/mol. The maximum absolute atomic E-state index is 13.2. The Morgan fingerprint density at radius 2 is 1.69 bits per heavy atom. The second-order valence-electron chi connectivity index (χ2n) is 10.2. The number of nitrogens with zero attached hydrogens (tertiary/aromatic N) is 2.